The Hall–Kier alpha value is -3.48. The maximum absolute atomic E-state index is 4.40. The van der Waals surface area contributed by atoms with Gasteiger partial charge in [-0.25, -0.2) is 4.68 Å². The lowest BCUT2D eigenvalue weighted by atomic mass is 10.2. The van der Waals surface area contributed by atoms with Gasteiger partial charge in [-0.15, -0.1) is 5.10 Å². The van der Waals surface area contributed by atoms with Crippen LogP contribution in [0.2, 0.25) is 0 Å². The van der Waals surface area contributed by atoms with Crippen LogP contribution < -0.4 is 5.32 Å². The van der Waals surface area contributed by atoms with Gasteiger partial charge in [0.25, 0.3) is 0 Å². The molecule has 0 spiro atoms. The van der Waals surface area contributed by atoms with Crippen LogP contribution in [-0.2, 0) is 0 Å². The van der Waals surface area contributed by atoms with Crippen molar-refractivity contribution in [2.75, 3.05) is 5.32 Å². The summed E-state index contributed by atoms with van der Waals surface area (Å²) in [6.45, 7) is 2.02. The minimum absolute atomic E-state index is 0.0800. The van der Waals surface area contributed by atoms with E-state index in [1.165, 1.54) is 0 Å². The van der Waals surface area contributed by atoms with E-state index in [1.807, 2.05) is 78.5 Å². The zero-order chi connectivity index (χ0) is 17.1. The minimum Gasteiger partial charge on any atom is -0.373 e. The van der Waals surface area contributed by atoms with E-state index in [9.17, 15) is 0 Å². The van der Waals surface area contributed by atoms with E-state index in [1.54, 1.807) is 10.9 Å². The second-order valence-corrected chi connectivity index (χ2v) is 5.66. The highest BCUT2D eigenvalue weighted by Gasteiger charge is 2.16. The van der Waals surface area contributed by atoms with Crippen molar-refractivity contribution in [1.82, 2.24) is 30.0 Å². The molecule has 124 valence electrons. The summed E-state index contributed by atoms with van der Waals surface area (Å²) < 4.78 is 3.56. The second-order valence-electron chi connectivity index (χ2n) is 5.66. The summed E-state index contributed by atoms with van der Waals surface area (Å²) in [4.78, 5) is 0. The van der Waals surface area contributed by atoms with Gasteiger partial charge in [0, 0.05) is 0 Å². The van der Waals surface area contributed by atoms with E-state index in [4.69, 9.17) is 0 Å². The molecule has 0 aliphatic rings. The molecular weight excluding hydrogens is 314 g/mol. The first-order chi connectivity index (χ1) is 12.3. The Bertz CT molecular complexity index is 944. The fourth-order valence-corrected chi connectivity index (χ4v) is 2.65. The van der Waals surface area contributed by atoms with Crippen molar-refractivity contribution in [2.45, 2.75) is 13.0 Å². The Labute approximate surface area is 144 Å². The molecule has 1 N–H and O–H groups in total. The summed E-state index contributed by atoms with van der Waals surface area (Å²) in [6.07, 6.45) is 3.74. The number of hydrogen-bond acceptors (Lipinski definition) is 5. The predicted molar refractivity (Wildman–Crippen MR) is 94.8 cm³/mol. The molecule has 0 saturated heterocycles. The maximum atomic E-state index is 4.40. The number of para-hydroxylation sites is 2. The quantitative estimate of drug-likeness (QED) is 0.608. The summed E-state index contributed by atoms with van der Waals surface area (Å²) in [5, 5.41) is 19.9. The van der Waals surface area contributed by atoms with E-state index >= 15 is 0 Å². The standard InChI is InChI=1S/C18H17N7/c1-14(18-21-22-23-25(18)17-10-6-3-7-11-17)20-15-12-19-24(13-15)16-8-4-2-5-9-16/h2-14,20H,1H3/t14-/m0/s1. The topological polar surface area (TPSA) is 73.5 Å². The van der Waals surface area contributed by atoms with E-state index < -0.39 is 0 Å². The zero-order valence-electron chi connectivity index (χ0n) is 13.7. The molecule has 0 radical (unpaired) electrons. The van der Waals surface area contributed by atoms with E-state index in [0.29, 0.717) is 0 Å². The van der Waals surface area contributed by atoms with Gasteiger partial charge in [-0.05, 0) is 41.6 Å². The highest BCUT2D eigenvalue weighted by Crippen LogP contribution is 2.20. The van der Waals surface area contributed by atoms with Crippen LogP contribution in [0.1, 0.15) is 18.8 Å². The molecule has 1 atom stereocenters. The average molecular weight is 331 g/mol. The van der Waals surface area contributed by atoms with Gasteiger partial charge in [-0.3, -0.25) is 0 Å². The molecule has 0 unspecified atom stereocenters. The summed E-state index contributed by atoms with van der Waals surface area (Å²) in [5.74, 6) is 0.735. The predicted octanol–water partition coefficient (Wildman–Crippen LogP) is 3.02. The molecule has 0 saturated carbocycles. The summed E-state index contributed by atoms with van der Waals surface area (Å²) in [6, 6.07) is 19.7. The van der Waals surface area contributed by atoms with Crippen molar-refractivity contribution in [3.8, 4) is 11.4 Å². The first-order valence-electron chi connectivity index (χ1n) is 8.01. The van der Waals surface area contributed by atoms with Crippen molar-refractivity contribution in [3.05, 3.63) is 78.9 Å². The second kappa shape index (κ2) is 6.56. The molecule has 0 fully saturated rings. The largest absolute Gasteiger partial charge is 0.373 e. The van der Waals surface area contributed by atoms with Gasteiger partial charge in [0.1, 0.15) is 0 Å². The number of rotatable bonds is 5. The zero-order valence-corrected chi connectivity index (χ0v) is 13.7. The number of benzene rings is 2. The van der Waals surface area contributed by atoms with Crippen LogP contribution in [-0.4, -0.2) is 30.0 Å². The third-order valence-electron chi connectivity index (χ3n) is 3.87. The van der Waals surface area contributed by atoms with Crippen LogP contribution in [0.5, 0.6) is 0 Å². The lowest BCUT2D eigenvalue weighted by Crippen LogP contribution is -2.13. The van der Waals surface area contributed by atoms with Gasteiger partial charge >= 0.3 is 0 Å². The Morgan fingerprint density at radius 2 is 1.60 bits per heavy atom. The van der Waals surface area contributed by atoms with Crippen LogP contribution >= 0.6 is 0 Å². The lowest BCUT2D eigenvalue weighted by Gasteiger charge is -2.13. The molecule has 25 heavy (non-hydrogen) atoms. The summed E-state index contributed by atoms with van der Waals surface area (Å²) in [5.41, 5.74) is 2.84. The highest BCUT2D eigenvalue weighted by molar-refractivity contribution is 5.44. The van der Waals surface area contributed by atoms with Gasteiger partial charge in [0.05, 0.1) is 35.5 Å². The first kappa shape index (κ1) is 15.1. The molecule has 2 aromatic heterocycles. The van der Waals surface area contributed by atoms with Gasteiger partial charge in [0.2, 0.25) is 0 Å². The number of hydrogen-bond donors (Lipinski definition) is 1. The van der Waals surface area contributed by atoms with Crippen molar-refractivity contribution in [1.29, 1.82) is 0 Å². The fourth-order valence-electron chi connectivity index (χ4n) is 2.65. The Morgan fingerprint density at radius 3 is 2.32 bits per heavy atom. The molecule has 7 heteroatoms. The van der Waals surface area contributed by atoms with Crippen LogP contribution in [0.25, 0.3) is 11.4 Å². The number of nitrogens with zero attached hydrogens (tertiary/aromatic N) is 6. The van der Waals surface area contributed by atoms with Crippen molar-refractivity contribution in [2.24, 2.45) is 0 Å². The molecule has 0 aliphatic heterocycles. The van der Waals surface area contributed by atoms with E-state index in [-0.39, 0.29) is 6.04 Å². The minimum atomic E-state index is -0.0800. The highest BCUT2D eigenvalue weighted by atomic mass is 15.5. The van der Waals surface area contributed by atoms with Gasteiger partial charge < -0.3 is 5.32 Å². The smallest absolute Gasteiger partial charge is 0.178 e. The number of tetrazole rings is 1. The molecule has 4 aromatic rings. The van der Waals surface area contributed by atoms with Crippen LogP contribution in [0, 0.1) is 0 Å². The number of nitrogens with one attached hydrogen (secondary N) is 1. The van der Waals surface area contributed by atoms with Gasteiger partial charge in [-0.1, -0.05) is 36.4 Å². The monoisotopic (exact) mass is 331 g/mol. The summed E-state index contributed by atoms with van der Waals surface area (Å²) >= 11 is 0. The van der Waals surface area contributed by atoms with Crippen molar-refractivity contribution < 1.29 is 0 Å². The van der Waals surface area contributed by atoms with E-state index in [2.05, 4.69) is 25.9 Å². The molecule has 0 amide bonds. The molecule has 2 aromatic carbocycles. The molecule has 4 rings (SSSR count). The van der Waals surface area contributed by atoms with Crippen molar-refractivity contribution in [3.63, 3.8) is 0 Å². The molecular formula is C18H17N7. The molecule has 0 aliphatic carbocycles. The third kappa shape index (κ3) is 3.12. The normalized spacial score (nSPS) is 12.0. The Balaban J connectivity index is 1.55. The lowest BCUT2D eigenvalue weighted by molar-refractivity contribution is 0.718. The SMILES string of the molecule is C[C@H](Nc1cnn(-c2ccccc2)c1)c1nnnn1-c1ccccc1. The molecule has 7 nitrogen and oxygen atoms in total. The fraction of sp³-hybridized carbons (Fsp3) is 0.111. The summed E-state index contributed by atoms with van der Waals surface area (Å²) in [7, 11) is 0. The van der Waals surface area contributed by atoms with Crippen LogP contribution in [0.4, 0.5) is 5.69 Å². The molecule has 2 heterocycles. The van der Waals surface area contributed by atoms with E-state index in [0.717, 1.165) is 22.9 Å². The number of aromatic nitrogens is 6. The van der Waals surface area contributed by atoms with Gasteiger partial charge in [0.15, 0.2) is 5.82 Å². The van der Waals surface area contributed by atoms with Gasteiger partial charge in [-0.2, -0.15) is 9.78 Å². The van der Waals surface area contributed by atoms with Crippen molar-refractivity contribution >= 4 is 5.69 Å². The Kier molecular flexibility index (Phi) is 3.96. The molecule has 0 bridgehead atoms. The maximum Gasteiger partial charge on any atom is 0.178 e. The first-order valence-corrected chi connectivity index (χ1v) is 8.01. The third-order valence-corrected chi connectivity index (χ3v) is 3.87. The Morgan fingerprint density at radius 1 is 0.920 bits per heavy atom. The number of anilines is 1. The average Bonchev–Trinajstić information content (AvgIpc) is 3.33. The van der Waals surface area contributed by atoms with Crippen LogP contribution in [0.3, 0.4) is 0 Å². The van der Waals surface area contributed by atoms with Crippen LogP contribution in [0.15, 0.2) is 73.1 Å².